The third kappa shape index (κ3) is 4.63. The average molecular weight is 391 g/mol. The van der Waals surface area contributed by atoms with Crippen LogP contribution >= 0.6 is 0 Å². The topological polar surface area (TPSA) is 63.5 Å². The van der Waals surface area contributed by atoms with E-state index >= 15 is 0 Å². The van der Waals surface area contributed by atoms with Gasteiger partial charge in [-0.2, -0.15) is 9.90 Å². The van der Waals surface area contributed by atoms with Crippen LogP contribution in [0.15, 0.2) is 60.8 Å². The van der Waals surface area contributed by atoms with Gasteiger partial charge in [0.2, 0.25) is 5.78 Å². The zero-order valence-electron chi connectivity index (χ0n) is 16.6. The number of carbonyl (C=O) groups excluding carboxylic acids is 1. The Labute approximate surface area is 170 Å². The van der Waals surface area contributed by atoms with Crippen molar-refractivity contribution in [3.8, 4) is 5.75 Å². The fourth-order valence-corrected chi connectivity index (χ4v) is 3.50. The monoisotopic (exact) mass is 391 g/mol. The zero-order chi connectivity index (χ0) is 20.1. The summed E-state index contributed by atoms with van der Waals surface area (Å²) in [6, 6.07) is 17.4. The van der Waals surface area contributed by atoms with Crippen LogP contribution in [0.4, 0.5) is 5.69 Å². The van der Waals surface area contributed by atoms with Gasteiger partial charge in [-0.25, -0.2) is 0 Å². The summed E-state index contributed by atoms with van der Waals surface area (Å²) in [5.41, 5.74) is 2.25. The minimum atomic E-state index is -0.0926. The van der Waals surface area contributed by atoms with Crippen molar-refractivity contribution in [2.45, 2.75) is 6.54 Å². The predicted molar refractivity (Wildman–Crippen MR) is 112 cm³/mol. The molecule has 0 radical (unpaired) electrons. The summed E-state index contributed by atoms with van der Waals surface area (Å²) in [7, 11) is 1.68. The van der Waals surface area contributed by atoms with E-state index in [1.165, 1.54) is 5.69 Å². The third-order valence-corrected chi connectivity index (χ3v) is 5.23. The van der Waals surface area contributed by atoms with E-state index in [0.717, 1.165) is 38.5 Å². The summed E-state index contributed by atoms with van der Waals surface area (Å²) in [5, 5.41) is 8.62. The van der Waals surface area contributed by atoms with Crippen LogP contribution in [-0.2, 0) is 6.54 Å². The summed E-state index contributed by atoms with van der Waals surface area (Å²) in [5.74, 6) is 0.786. The zero-order valence-corrected chi connectivity index (χ0v) is 16.6. The predicted octanol–water partition coefficient (Wildman–Crippen LogP) is 2.34. The second kappa shape index (κ2) is 8.87. The number of ether oxygens (including phenoxy) is 1. The highest BCUT2D eigenvalue weighted by molar-refractivity contribution is 6.07. The molecule has 29 heavy (non-hydrogen) atoms. The lowest BCUT2D eigenvalue weighted by atomic mass is 10.1. The SMILES string of the molecule is COc1ccc(N2CCN(CCn3ncc(C(=O)c4ccccc4)n3)CC2)cc1. The normalized spacial score (nSPS) is 14.7. The molecule has 0 amide bonds. The maximum atomic E-state index is 12.4. The number of hydrogen-bond acceptors (Lipinski definition) is 6. The number of anilines is 1. The first kappa shape index (κ1) is 19.1. The molecule has 3 aromatic rings. The lowest BCUT2D eigenvalue weighted by Gasteiger charge is -2.36. The van der Waals surface area contributed by atoms with Crippen LogP contribution in [0.1, 0.15) is 16.1 Å². The molecule has 0 spiro atoms. The fraction of sp³-hybridized carbons (Fsp3) is 0.318. The summed E-state index contributed by atoms with van der Waals surface area (Å²) < 4.78 is 5.23. The summed E-state index contributed by atoms with van der Waals surface area (Å²) in [4.78, 5) is 18.8. The van der Waals surface area contributed by atoms with Crippen LogP contribution in [0.25, 0.3) is 0 Å². The van der Waals surface area contributed by atoms with Gasteiger partial charge in [-0.05, 0) is 24.3 Å². The Morgan fingerprint density at radius 2 is 1.69 bits per heavy atom. The molecule has 0 aliphatic carbocycles. The Morgan fingerprint density at radius 3 is 2.38 bits per heavy atom. The number of aromatic nitrogens is 3. The number of rotatable bonds is 7. The van der Waals surface area contributed by atoms with E-state index in [1.54, 1.807) is 30.2 Å². The average Bonchev–Trinajstić information content (AvgIpc) is 3.27. The van der Waals surface area contributed by atoms with Crippen molar-refractivity contribution in [2.24, 2.45) is 0 Å². The minimum Gasteiger partial charge on any atom is -0.497 e. The standard InChI is InChI=1S/C22H25N5O2/c1-29-20-9-7-19(8-10-20)26-14-11-25(12-15-26)13-16-27-23-17-21(24-27)22(28)18-5-3-2-4-6-18/h2-10,17H,11-16H2,1H3. The molecule has 0 bridgehead atoms. The van der Waals surface area contributed by atoms with Gasteiger partial charge in [0.05, 0.1) is 19.9 Å². The Morgan fingerprint density at radius 1 is 0.966 bits per heavy atom. The van der Waals surface area contributed by atoms with Crippen molar-refractivity contribution >= 4 is 11.5 Å². The maximum absolute atomic E-state index is 12.4. The molecule has 1 saturated heterocycles. The molecule has 150 valence electrons. The van der Waals surface area contributed by atoms with Crippen molar-refractivity contribution in [1.29, 1.82) is 0 Å². The quantitative estimate of drug-likeness (QED) is 0.576. The van der Waals surface area contributed by atoms with Crippen LogP contribution in [0.2, 0.25) is 0 Å². The number of carbonyl (C=O) groups is 1. The van der Waals surface area contributed by atoms with Crippen molar-refractivity contribution in [3.05, 3.63) is 72.1 Å². The molecular weight excluding hydrogens is 366 g/mol. The third-order valence-electron chi connectivity index (χ3n) is 5.23. The number of nitrogens with zero attached hydrogens (tertiary/aromatic N) is 5. The molecule has 1 fully saturated rings. The minimum absolute atomic E-state index is 0.0926. The molecule has 2 aromatic carbocycles. The van der Waals surface area contributed by atoms with Crippen molar-refractivity contribution in [2.75, 3.05) is 44.7 Å². The van der Waals surface area contributed by atoms with Gasteiger partial charge >= 0.3 is 0 Å². The lowest BCUT2D eigenvalue weighted by molar-refractivity contribution is 0.103. The van der Waals surface area contributed by atoms with Gasteiger partial charge in [0.25, 0.3) is 0 Å². The molecule has 1 aliphatic rings. The van der Waals surface area contributed by atoms with E-state index in [2.05, 4.69) is 32.1 Å². The molecule has 0 unspecified atom stereocenters. The number of hydrogen-bond donors (Lipinski definition) is 0. The molecular formula is C22H25N5O2. The van der Waals surface area contributed by atoms with Crippen LogP contribution in [0.3, 0.4) is 0 Å². The lowest BCUT2D eigenvalue weighted by Crippen LogP contribution is -2.47. The first-order chi connectivity index (χ1) is 14.2. The number of methoxy groups -OCH3 is 1. The van der Waals surface area contributed by atoms with Crippen molar-refractivity contribution < 1.29 is 9.53 Å². The van der Waals surface area contributed by atoms with Gasteiger partial charge in [-0.1, -0.05) is 30.3 Å². The Hall–Kier alpha value is -3.19. The number of benzene rings is 2. The number of ketones is 1. The Kier molecular flexibility index (Phi) is 5.86. The van der Waals surface area contributed by atoms with Gasteiger partial charge in [-0.15, -0.1) is 5.10 Å². The molecule has 0 N–H and O–H groups in total. The van der Waals surface area contributed by atoms with Crippen LogP contribution in [0, 0.1) is 0 Å². The van der Waals surface area contributed by atoms with Gasteiger partial charge in [0, 0.05) is 44.0 Å². The van der Waals surface area contributed by atoms with Crippen LogP contribution in [0.5, 0.6) is 5.75 Å². The van der Waals surface area contributed by atoms with Gasteiger partial charge in [0.15, 0.2) is 5.69 Å². The van der Waals surface area contributed by atoms with E-state index in [0.29, 0.717) is 17.8 Å². The second-order valence-electron chi connectivity index (χ2n) is 7.05. The maximum Gasteiger partial charge on any atom is 0.214 e. The fourth-order valence-electron chi connectivity index (χ4n) is 3.50. The highest BCUT2D eigenvalue weighted by Gasteiger charge is 2.18. The highest BCUT2D eigenvalue weighted by Crippen LogP contribution is 2.20. The van der Waals surface area contributed by atoms with Crippen LogP contribution < -0.4 is 9.64 Å². The smallest absolute Gasteiger partial charge is 0.214 e. The molecule has 7 nitrogen and oxygen atoms in total. The molecule has 7 heteroatoms. The number of piperazine rings is 1. The molecule has 0 atom stereocenters. The Balaban J connectivity index is 1.26. The van der Waals surface area contributed by atoms with E-state index < -0.39 is 0 Å². The summed E-state index contributed by atoms with van der Waals surface area (Å²) >= 11 is 0. The van der Waals surface area contributed by atoms with Crippen LogP contribution in [-0.4, -0.2) is 65.5 Å². The largest absolute Gasteiger partial charge is 0.497 e. The highest BCUT2D eigenvalue weighted by atomic mass is 16.5. The van der Waals surface area contributed by atoms with E-state index in [9.17, 15) is 4.79 Å². The molecule has 1 aliphatic heterocycles. The molecule has 2 heterocycles. The summed E-state index contributed by atoms with van der Waals surface area (Å²) in [6.07, 6.45) is 1.55. The first-order valence-electron chi connectivity index (χ1n) is 9.84. The van der Waals surface area contributed by atoms with E-state index in [-0.39, 0.29) is 5.78 Å². The van der Waals surface area contributed by atoms with Crippen molar-refractivity contribution in [1.82, 2.24) is 19.9 Å². The van der Waals surface area contributed by atoms with Crippen molar-refractivity contribution in [3.63, 3.8) is 0 Å². The van der Waals surface area contributed by atoms with Gasteiger partial charge < -0.3 is 9.64 Å². The van der Waals surface area contributed by atoms with Gasteiger partial charge in [-0.3, -0.25) is 9.69 Å². The Bertz CT molecular complexity index is 931. The van der Waals surface area contributed by atoms with E-state index in [1.807, 2.05) is 30.3 Å². The van der Waals surface area contributed by atoms with E-state index in [4.69, 9.17) is 4.74 Å². The molecule has 0 saturated carbocycles. The molecule has 1 aromatic heterocycles. The second-order valence-corrected chi connectivity index (χ2v) is 7.05. The van der Waals surface area contributed by atoms with Gasteiger partial charge in [0.1, 0.15) is 5.75 Å². The first-order valence-corrected chi connectivity index (χ1v) is 9.84. The molecule has 4 rings (SSSR count). The summed E-state index contributed by atoms with van der Waals surface area (Å²) in [6.45, 7) is 5.48.